The van der Waals surface area contributed by atoms with Gasteiger partial charge in [0.1, 0.15) is 11.6 Å². The highest BCUT2D eigenvalue weighted by Gasteiger charge is 2.49. The van der Waals surface area contributed by atoms with Gasteiger partial charge in [0.2, 0.25) is 0 Å². The third-order valence-electron chi connectivity index (χ3n) is 2.96. The Balaban J connectivity index is 2.12. The molecule has 2 aliphatic carbocycles. The average molecular weight is 152 g/mol. The van der Waals surface area contributed by atoms with Crippen LogP contribution in [-0.2, 0) is 9.59 Å². The van der Waals surface area contributed by atoms with Crippen LogP contribution in [0.5, 0.6) is 0 Å². The molecule has 2 rings (SSSR count). The Bertz CT molecular complexity index is 214. The summed E-state index contributed by atoms with van der Waals surface area (Å²) in [7, 11) is 0. The number of carbonyl (C=O) groups excluding carboxylic acids is 2. The van der Waals surface area contributed by atoms with E-state index in [9.17, 15) is 9.59 Å². The van der Waals surface area contributed by atoms with Gasteiger partial charge in [-0.15, -0.1) is 0 Å². The second-order valence-electron chi connectivity index (χ2n) is 3.74. The van der Waals surface area contributed by atoms with Gasteiger partial charge in [-0.2, -0.15) is 0 Å². The second-order valence-corrected chi connectivity index (χ2v) is 3.74. The van der Waals surface area contributed by atoms with Gasteiger partial charge >= 0.3 is 0 Å². The molecule has 2 aliphatic rings. The maximum absolute atomic E-state index is 11.4. The number of rotatable bonds is 0. The first-order valence-corrected chi connectivity index (χ1v) is 4.28. The van der Waals surface area contributed by atoms with Crippen LogP contribution in [0.3, 0.4) is 0 Å². The van der Waals surface area contributed by atoms with Crippen molar-refractivity contribution in [3.8, 4) is 0 Å². The van der Waals surface area contributed by atoms with Crippen LogP contribution in [-0.4, -0.2) is 11.6 Å². The summed E-state index contributed by atoms with van der Waals surface area (Å²) in [5, 5.41) is 0. The molecule has 0 saturated heterocycles. The van der Waals surface area contributed by atoms with Crippen molar-refractivity contribution < 1.29 is 9.59 Å². The lowest BCUT2D eigenvalue weighted by molar-refractivity contribution is -0.125. The van der Waals surface area contributed by atoms with E-state index in [2.05, 4.69) is 0 Å². The highest BCUT2D eigenvalue weighted by molar-refractivity contribution is 5.93. The van der Waals surface area contributed by atoms with Crippen LogP contribution in [0, 0.1) is 5.41 Å². The van der Waals surface area contributed by atoms with E-state index in [1.807, 2.05) is 0 Å². The molecule has 2 fully saturated rings. The smallest absolute Gasteiger partial charge is 0.139 e. The van der Waals surface area contributed by atoms with Gasteiger partial charge < -0.3 is 0 Å². The minimum Gasteiger partial charge on any atom is -0.300 e. The lowest BCUT2D eigenvalue weighted by atomic mass is 9.96. The fourth-order valence-electron chi connectivity index (χ4n) is 1.84. The summed E-state index contributed by atoms with van der Waals surface area (Å²) < 4.78 is 0. The van der Waals surface area contributed by atoms with Gasteiger partial charge in [0.05, 0.1) is 0 Å². The molecule has 2 nitrogen and oxygen atoms in total. The summed E-state index contributed by atoms with van der Waals surface area (Å²) >= 11 is 0. The third kappa shape index (κ3) is 1.10. The molecule has 0 aliphatic heterocycles. The minimum atomic E-state index is -0.00778. The monoisotopic (exact) mass is 152 g/mol. The molecule has 2 heteroatoms. The predicted molar refractivity (Wildman–Crippen MR) is 40.1 cm³/mol. The van der Waals surface area contributed by atoms with Gasteiger partial charge in [0.15, 0.2) is 0 Å². The van der Waals surface area contributed by atoms with E-state index >= 15 is 0 Å². The Morgan fingerprint density at radius 2 is 1.64 bits per heavy atom. The summed E-state index contributed by atoms with van der Waals surface area (Å²) in [6.45, 7) is 0. The first kappa shape index (κ1) is 7.01. The molecule has 11 heavy (non-hydrogen) atoms. The highest BCUT2D eigenvalue weighted by atomic mass is 16.1. The van der Waals surface area contributed by atoms with Gasteiger partial charge in [-0.3, -0.25) is 9.59 Å². The highest BCUT2D eigenvalue weighted by Crippen LogP contribution is 2.52. The van der Waals surface area contributed by atoms with Crippen LogP contribution in [0.15, 0.2) is 0 Å². The van der Waals surface area contributed by atoms with E-state index in [1.54, 1.807) is 0 Å². The summed E-state index contributed by atoms with van der Waals surface area (Å²) in [4.78, 5) is 22.4. The Kier molecular flexibility index (Phi) is 1.38. The first-order valence-electron chi connectivity index (χ1n) is 4.28. The van der Waals surface area contributed by atoms with Gasteiger partial charge in [-0.25, -0.2) is 0 Å². The molecule has 0 heterocycles. The maximum Gasteiger partial charge on any atom is 0.139 e. The average Bonchev–Trinajstić information content (AvgIpc) is 2.77. The molecule has 0 radical (unpaired) electrons. The summed E-state index contributed by atoms with van der Waals surface area (Å²) in [6.07, 6.45) is 4.58. The Morgan fingerprint density at radius 3 is 2.27 bits per heavy atom. The van der Waals surface area contributed by atoms with Gasteiger partial charge in [0, 0.05) is 24.7 Å². The SMILES string of the molecule is O=C1CCC(=O)C2(CC1)CC2. The number of Topliss-reactive ketones (excluding diaryl/α,β-unsaturated/α-hetero) is 2. The quantitative estimate of drug-likeness (QED) is 0.527. The fourth-order valence-corrected chi connectivity index (χ4v) is 1.84. The van der Waals surface area contributed by atoms with E-state index in [1.165, 1.54) is 0 Å². The zero-order chi connectivity index (χ0) is 7.90. The Labute approximate surface area is 66.0 Å². The molecule has 0 N–H and O–H groups in total. The molecule has 0 amide bonds. The van der Waals surface area contributed by atoms with Gasteiger partial charge in [0.25, 0.3) is 0 Å². The Morgan fingerprint density at radius 1 is 0.909 bits per heavy atom. The molecule has 1 spiro atoms. The van der Waals surface area contributed by atoms with Crippen LogP contribution in [0.25, 0.3) is 0 Å². The maximum atomic E-state index is 11.4. The van der Waals surface area contributed by atoms with Crippen molar-refractivity contribution in [1.82, 2.24) is 0 Å². The second kappa shape index (κ2) is 2.16. The van der Waals surface area contributed by atoms with Crippen molar-refractivity contribution in [3.05, 3.63) is 0 Å². The zero-order valence-electron chi connectivity index (χ0n) is 6.56. The Hall–Kier alpha value is -0.660. The van der Waals surface area contributed by atoms with E-state index in [4.69, 9.17) is 0 Å². The van der Waals surface area contributed by atoms with Crippen molar-refractivity contribution in [2.45, 2.75) is 38.5 Å². The third-order valence-corrected chi connectivity index (χ3v) is 2.96. The largest absolute Gasteiger partial charge is 0.300 e. The molecule has 0 atom stereocenters. The summed E-state index contributed by atoms with van der Waals surface area (Å²) in [6, 6.07) is 0. The van der Waals surface area contributed by atoms with Crippen molar-refractivity contribution in [2.75, 3.05) is 0 Å². The molecule has 0 aromatic rings. The summed E-state index contributed by atoms with van der Waals surface area (Å²) in [5.41, 5.74) is -0.00778. The van der Waals surface area contributed by atoms with Crippen LogP contribution in [0.4, 0.5) is 0 Å². The number of hydrogen-bond acceptors (Lipinski definition) is 2. The lowest BCUT2D eigenvalue weighted by Crippen LogP contribution is -2.12. The van der Waals surface area contributed by atoms with Crippen LogP contribution in [0.1, 0.15) is 38.5 Å². The van der Waals surface area contributed by atoms with Crippen molar-refractivity contribution in [3.63, 3.8) is 0 Å². The fraction of sp³-hybridized carbons (Fsp3) is 0.778. The topological polar surface area (TPSA) is 34.1 Å². The van der Waals surface area contributed by atoms with Gasteiger partial charge in [-0.1, -0.05) is 0 Å². The van der Waals surface area contributed by atoms with Crippen molar-refractivity contribution in [1.29, 1.82) is 0 Å². The van der Waals surface area contributed by atoms with E-state index in [0.717, 1.165) is 19.3 Å². The molecular formula is C9H12O2. The molecule has 0 aromatic heterocycles. The normalized spacial score (nSPS) is 28.7. The number of hydrogen-bond donors (Lipinski definition) is 0. The van der Waals surface area contributed by atoms with Gasteiger partial charge in [-0.05, 0) is 19.3 Å². The minimum absolute atomic E-state index is 0.00778. The molecule has 0 aromatic carbocycles. The molecular weight excluding hydrogens is 140 g/mol. The zero-order valence-corrected chi connectivity index (χ0v) is 6.56. The van der Waals surface area contributed by atoms with Crippen LogP contribution in [0.2, 0.25) is 0 Å². The van der Waals surface area contributed by atoms with Crippen molar-refractivity contribution in [2.24, 2.45) is 5.41 Å². The van der Waals surface area contributed by atoms with Crippen LogP contribution < -0.4 is 0 Å². The molecule has 0 bridgehead atoms. The predicted octanol–water partition coefficient (Wildman–Crippen LogP) is 1.48. The lowest BCUT2D eigenvalue weighted by Gasteiger charge is -2.06. The number of ketones is 2. The summed E-state index contributed by atoms with van der Waals surface area (Å²) in [5.74, 6) is 0.630. The van der Waals surface area contributed by atoms with E-state index < -0.39 is 0 Å². The standard InChI is InChI=1S/C9H12O2/c10-7-1-2-8(11)9(4-3-7)5-6-9/h1-6H2. The van der Waals surface area contributed by atoms with E-state index in [0.29, 0.717) is 25.0 Å². The number of carbonyl (C=O) groups is 2. The first-order chi connectivity index (χ1) is 5.23. The molecule has 0 unspecified atom stereocenters. The molecule has 60 valence electrons. The van der Waals surface area contributed by atoms with E-state index in [-0.39, 0.29) is 11.2 Å². The van der Waals surface area contributed by atoms with Crippen LogP contribution >= 0.6 is 0 Å². The molecule has 2 saturated carbocycles. The van der Waals surface area contributed by atoms with Crippen molar-refractivity contribution >= 4 is 11.6 Å².